The van der Waals surface area contributed by atoms with Crippen molar-refractivity contribution in [1.82, 2.24) is 10.2 Å². The molecule has 0 radical (unpaired) electrons. The van der Waals surface area contributed by atoms with Gasteiger partial charge in [0.1, 0.15) is 12.4 Å². The Morgan fingerprint density at radius 3 is 2.95 bits per heavy atom. The van der Waals surface area contributed by atoms with Crippen LogP contribution in [-0.4, -0.2) is 56.3 Å². The molecule has 0 aliphatic carbocycles. The SMILES string of the molecule is CCN(CCOc1ccccc1C)C(=O)CC1CNCCO1. The second-order valence-corrected chi connectivity index (χ2v) is 5.49. The van der Waals surface area contributed by atoms with E-state index in [1.54, 1.807) is 0 Å². The first-order chi connectivity index (χ1) is 10.7. The average Bonchev–Trinajstić information content (AvgIpc) is 2.54. The third-order valence-corrected chi connectivity index (χ3v) is 3.85. The molecule has 1 atom stereocenters. The predicted octanol–water partition coefficient (Wildman–Crippen LogP) is 1.60. The van der Waals surface area contributed by atoms with Gasteiger partial charge in [-0.1, -0.05) is 18.2 Å². The van der Waals surface area contributed by atoms with Crippen LogP contribution < -0.4 is 10.1 Å². The Morgan fingerprint density at radius 1 is 1.45 bits per heavy atom. The van der Waals surface area contributed by atoms with Crippen molar-refractivity contribution in [2.75, 3.05) is 39.4 Å². The van der Waals surface area contributed by atoms with E-state index in [-0.39, 0.29) is 12.0 Å². The minimum absolute atomic E-state index is 0.00686. The fraction of sp³-hybridized carbons (Fsp3) is 0.588. The molecule has 5 nitrogen and oxygen atoms in total. The summed E-state index contributed by atoms with van der Waals surface area (Å²) in [6.07, 6.45) is 0.429. The highest BCUT2D eigenvalue weighted by Gasteiger charge is 2.20. The summed E-state index contributed by atoms with van der Waals surface area (Å²) >= 11 is 0. The molecule has 1 heterocycles. The molecule has 1 N–H and O–H groups in total. The number of morpholine rings is 1. The summed E-state index contributed by atoms with van der Waals surface area (Å²) < 4.78 is 11.4. The Kier molecular flexibility index (Phi) is 6.68. The highest BCUT2D eigenvalue weighted by atomic mass is 16.5. The largest absolute Gasteiger partial charge is 0.491 e. The van der Waals surface area contributed by atoms with Crippen molar-refractivity contribution >= 4 is 5.91 Å². The van der Waals surface area contributed by atoms with Crippen molar-refractivity contribution < 1.29 is 14.3 Å². The molecule has 1 aliphatic heterocycles. The first-order valence-corrected chi connectivity index (χ1v) is 7.99. The maximum absolute atomic E-state index is 12.3. The van der Waals surface area contributed by atoms with Crippen molar-refractivity contribution in [3.05, 3.63) is 29.8 Å². The van der Waals surface area contributed by atoms with Gasteiger partial charge in [0.25, 0.3) is 0 Å². The molecule has 2 rings (SSSR count). The lowest BCUT2D eigenvalue weighted by atomic mass is 10.2. The van der Waals surface area contributed by atoms with E-state index in [1.165, 1.54) is 0 Å². The van der Waals surface area contributed by atoms with Crippen LogP contribution in [0.4, 0.5) is 0 Å². The van der Waals surface area contributed by atoms with Gasteiger partial charge in [0.05, 0.1) is 25.7 Å². The van der Waals surface area contributed by atoms with E-state index >= 15 is 0 Å². The molecule has 1 unspecified atom stereocenters. The minimum Gasteiger partial charge on any atom is -0.491 e. The lowest BCUT2D eigenvalue weighted by Crippen LogP contribution is -2.43. The molecule has 0 spiro atoms. The zero-order chi connectivity index (χ0) is 15.8. The van der Waals surface area contributed by atoms with Crippen LogP contribution in [0.25, 0.3) is 0 Å². The van der Waals surface area contributed by atoms with Gasteiger partial charge in [0, 0.05) is 19.6 Å². The summed E-state index contributed by atoms with van der Waals surface area (Å²) in [5, 5.41) is 3.25. The first kappa shape index (κ1) is 16.8. The van der Waals surface area contributed by atoms with Gasteiger partial charge in [-0.3, -0.25) is 4.79 Å². The Morgan fingerprint density at radius 2 is 2.27 bits per heavy atom. The molecular weight excluding hydrogens is 280 g/mol. The van der Waals surface area contributed by atoms with Gasteiger partial charge in [-0.2, -0.15) is 0 Å². The molecular formula is C17H26N2O3. The number of amides is 1. The fourth-order valence-electron chi connectivity index (χ4n) is 2.52. The molecule has 1 aromatic rings. The van der Waals surface area contributed by atoms with Gasteiger partial charge in [0.15, 0.2) is 0 Å². The van der Waals surface area contributed by atoms with Crippen LogP contribution in [0.15, 0.2) is 24.3 Å². The van der Waals surface area contributed by atoms with E-state index in [1.807, 2.05) is 43.0 Å². The molecule has 1 saturated heterocycles. The summed E-state index contributed by atoms with van der Waals surface area (Å²) in [7, 11) is 0. The smallest absolute Gasteiger partial charge is 0.225 e. The zero-order valence-corrected chi connectivity index (χ0v) is 13.5. The minimum atomic E-state index is -0.00686. The number of likely N-dealkylation sites (N-methyl/N-ethyl adjacent to an activating group) is 1. The summed E-state index contributed by atoms with van der Waals surface area (Å²) in [4.78, 5) is 14.1. The molecule has 5 heteroatoms. The summed E-state index contributed by atoms with van der Waals surface area (Å²) in [6, 6.07) is 7.92. The van der Waals surface area contributed by atoms with Crippen molar-refractivity contribution in [3.63, 3.8) is 0 Å². The number of nitrogens with one attached hydrogen (secondary N) is 1. The molecule has 122 valence electrons. The van der Waals surface area contributed by atoms with Gasteiger partial charge in [-0.15, -0.1) is 0 Å². The number of hydrogen-bond acceptors (Lipinski definition) is 4. The van der Waals surface area contributed by atoms with Crippen molar-refractivity contribution in [2.45, 2.75) is 26.4 Å². The van der Waals surface area contributed by atoms with Crippen LogP contribution in [0.3, 0.4) is 0 Å². The maximum atomic E-state index is 12.3. The number of rotatable bonds is 7. The lowest BCUT2D eigenvalue weighted by Gasteiger charge is -2.27. The van der Waals surface area contributed by atoms with Crippen molar-refractivity contribution in [2.24, 2.45) is 0 Å². The molecule has 0 aromatic heterocycles. The van der Waals surface area contributed by atoms with Crippen LogP contribution in [0.5, 0.6) is 5.75 Å². The molecule has 1 fully saturated rings. The number of carbonyl (C=O) groups excluding carboxylic acids is 1. The summed E-state index contributed by atoms with van der Waals surface area (Å²) in [6.45, 7) is 8.11. The highest BCUT2D eigenvalue weighted by Crippen LogP contribution is 2.16. The molecule has 0 saturated carbocycles. The molecule has 22 heavy (non-hydrogen) atoms. The van der Waals surface area contributed by atoms with Crippen LogP contribution in [0.1, 0.15) is 18.9 Å². The number of aryl methyl sites for hydroxylation is 1. The highest BCUT2D eigenvalue weighted by molar-refractivity contribution is 5.76. The molecule has 1 aliphatic rings. The quantitative estimate of drug-likeness (QED) is 0.831. The van der Waals surface area contributed by atoms with Crippen molar-refractivity contribution in [1.29, 1.82) is 0 Å². The molecule has 1 amide bonds. The Hall–Kier alpha value is -1.59. The van der Waals surface area contributed by atoms with Crippen LogP contribution in [0.2, 0.25) is 0 Å². The normalized spacial score (nSPS) is 18.0. The Bertz CT molecular complexity index is 473. The third kappa shape index (κ3) is 5.00. The van der Waals surface area contributed by atoms with E-state index in [0.717, 1.165) is 24.4 Å². The first-order valence-electron chi connectivity index (χ1n) is 7.99. The summed E-state index contributed by atoms with van der Waals surface area (Å²) in [5.41, 5.74) is 1.11. The zero-order valence-electron chi connectivity index (χ0n) is 13.5. The second kappa shape index (κ2) is 8.76. The van der Waals surface area contributed by atoms with Crippen molar-refractivity contribution in [3.8, 4) is 5.75 Å². The summed E-state index contributed by atoms with van der Waals surface area (Å²) in [5.74, 6) is 1.01. The number of hydrogen-bond donors (Lipinski definition) is 1. The number of nitrogens with zero attached hydrogens (tertiary/aromatic N) is 1. The van der Waals surface area contributed by atoms with Gasteiger partial charge >= 0.3 is 0 Å². The van der Waals surface area contributed by atoms with E-state index in [2.05, 4.69) is 5.32 Å². The van der Waals surface area contributed by atoms with E-state index in [0.29, 0.717) is 32.7 Å². The monoisotopic (exact) mass is 306 g/mol. The number of carbonyl (C=O) groups is 1. The van der Waals surface area contributed by atoms with Crippen LogP contribution in [0, 0.1) is 6.92 Å². The number of para-hydroxylation sites is 1. The molecule has 1 aromatic carbocycles. The van der Waals surface area contributed by atoms with Gasteiger partial charge in [0.2, 0.25) is 5.91 Å². The maximum Gasteiger partial charge on any atom is 0.225 e. The fourth-order valence-corrected chi connectivity index (χ4v) is 2.52. The Balaban J connectivity index is 1.76. The van der Waals surface area contributed by atoms with Gasteiger partial charge in [-0.25, -0.2) is 0 Å². The number of ether oxygens (including phenoxy) is 2. The number of benzene rings is 1. The third-order valence-electron chi connectivity index (χ3n) is 3.85. The predicted molar refractivity (Wildman–Crippen MR) is 86.2 cm³/mol. The van der Waals surface area contributed by atoms with E-state index in [4.69, 9.17) is 9.47 Å². The van der Waals surface area contributed by atoms with Crippen LogP contribution >= 0.6 is 0 Å². The van der Waals surface area contributed by atoms with Gasteiger partial charge < -0.3 is 19.7 Å². The van der Waals surface area contributed by atoms with E-state index < -0.39 is 0 Å². The Labute approximate surface area is 132 Å². The molecule has 0 bridgehead atoms. The average molecular weight is 306 g/mol. The van der Waals surface area contributed by atoms with Crippen LogP contribution in [-0.2, 0) is 9.53 Å². The standard InChI is InChI=1S/C17H26N2O3/c1-3-19(17(20)12-15-13-18-8-10-21-15)9-11-22-16-7-5-4-6-14(16)2/h4-7,15,18H,3,8-13H2,1-2H3. The van der Waals surface area contributed by atoms with E-state index in [9.17, 15) is 4.79 Å². The second-order valence-electron chi connectivity index (χ2n) is 5.49. The topological polar surface area (TPSA) is 50.8 Å². The van der Waals surface area contributed by atoms with Gasteiger partial charge in [-0.05, 0) is 25.5 Å². The lowest BCUT2D eigenvalue weighted by molar-refractivity contribution is -0.134.